The second kappa shape index (κ2) is 34.4. The second-order valence-electron chi connectivity index (χ2n) is 31.4. The number of carbonyl (C=O) groups excluding carboxylic acids is 8. The molecule has 1 N–H and O–H groups in total. The summed E-state index contributed by atoms with van der Waals surface area (Å²) in [6.07, 6.45) is 9.02. The molecule has 0 aromatic carbocycles. The fraction of sp³-hybridized carbons (Fsp3) is 0.731. The Balaban J connectivity index is 0.000000291. The fourth-order valence-corrected chi connectivity index (χ4v) is 16.5. The number of ether oxygens (including phenoxy) is 8. The number of pyridine rings is 1. The molecule has 0 aliphatic carbocycles. The van der Waals surface area contributed by atoms with Gasteiger partial charge in [0.25, 0.3) is 0 Å². The molecule has 23 heteroatoms. The molecular formula is C78H118N6O17. The van der Waals surface area contributed by atoms with E-state index in [4.69, 9.17) is 42.9 Å². The molecule has 2 unspecified atom stereocenters. The van der Waals surface area contributed by atoms with Gasteiger partial charge in [0.15, 0.2) is 41.1 Å². The summed E-state index contributed by atoms with van der Waals surface area (Å²) in [5.74, 6) is -5.80. The van der Waals surface area contributed by atoms with Crippen molar-refractivity contribution in [3.63, 3.8) is 0 Å². The minimum Gasteiger partial charge on any atom is -0.457 e. The number of allylic oxidation sites excluding steroid dienone is 1. The highest BCUT2D eigenvalue weighted by Gasteiger charge is 2.60. The first kappa shape index (κ1) is 81.8. The van der Waals surface area contributed by atoms with Gasteiger partial charge in [-0.15, -0.1) is 0 Å². The van der Waals surface area contributed by atoms with Crippen LogP contribution in [0.4, 0.5) is 9.59 Å². The van der Waals surface area contributed by atoms with Gasteiger partial charge in [-0.25, -0.2) is 24.1 Å². The number of cyclic esters (lactones) is 2. The number of aryl methyl sites for hydroxylation is 2. The molecule has 0 radical (unpaired) electrons. The van der Waals surface area contributed by atoms with Crippen molar-refractivity contribution in [2.75, 3.05) is 6.54 Å². The van der Waals surface area contributed by atoms with Crippen LogP contribution >= 0.6 is 0 Å². The molecule has 1 amide bonds. The smallest absolute Gasteiger partial charge is 0.420 e. The predicted octanol–water partition coefficient (Wildman–Crippen LogP) is 13.3. The lowest BCUT2D eigenvalue weighted by Crippen LogP contribution is -2.56. The average molecular weight is 1410 g/mol. The number of aliphatic hydroxyl groups excluding tert-OH is 1. The van der Waals surface area contributed by atoms with Crippen molar-refractivity contribution in [3.05, 3.63) is 66.9 Å². The van der Waals surface area contributed by atoms with Crippen LogP contribution in [0.5, 0.6) is 0 Å². The van der Waals surface area contributed by atoms with Crippen LogP contribution in [0.25, 0.3) is 11.3 Å². The van der Waals surface area contributed by atoms with E-state index < -0.39 is 131 Å². The van der Waals surface area contributed by atoms with E-state index in [1.54, 1.807) is 64.9 Å². The van der Waals surface area contributed by atoms with Crippen molar-refractivity contribution >= 4 is 47.3 Å². The number of ketones is 4. The predicted molar refractivity (Wildman–Crippen MR) is 378 cm³/mol. The average Bonchev–Trinajstić information content (AvgIpc) is 1.62. The van der Waals surface area contributed by atoms with E-state index in [0.29, 0.717) is 63.1 Å². The molecule has 4 saturated heterocycles. The quantitative estimate of drug-likeness (QED) is 0.0640. The van der Waals surface area contributed by atoms with Crippen molar-refractivity contribution in [1.82, 2.24) is 29.0 Å². The number of unbranched alkanes of at least 4 members (excludes halogenated alkanes) is 1. The first-order valence-corrected chi connectivity index (χ1v) is 37.1. The van der Waals surface area contributed by atoms with Gasteiger partial charge in [-0.1, -0.05) is 104 Å². The molecule has 3 aromatic rings. The van der Waals surface area contributed by atoms with E-state index in [-0.39, 0.29) is 66.4 Å². The van der Waals surface area contributed by atoms with E-state index in [0.717, 1.165) is 29.9 Å². The van der Waals surface area contributed by atoms with E-state index in [1.165, 1.54) is 30.2 Å². The van der Waals surface area contributed by atoms with Crippen molar-refractivity contribution < 1.29 is 81.4 Å². The number of amides is 1. The minimum absolute atomic E-state index is 0.00343. The Morgan fingerprint density at radius 3 is 1.81 bits per heavy atom. The van der Waals surface area contributed by atoms with Crippen LogP contribution in [-0.2, 0) is 73.2 Å². The lowest BCUT2D eigenvalue weighted by atomic mass is 9.70. The van der Waals surface area contributed by atoms with Crippen LogP contribution in [0.2, 0.25) is 0 Å². The summed E-state index contributed by atoms with van der Waals surface area (Å²) >= 11 is 0. The Kier molecular flexibility index (Phi) is 27.8. The zero-order chi connectivity index (χ0) is 75.0. The molecule has 4 fully saturated rings. The highest BCUT2D eigenvalue weighted by Crippen LogP contribution is 2.46. The lowest BCUT2D eigenvalue weighted by Gasteiger charge is -2.45. The zero-order valence-corrected chi connectivity index (χ0v) is 64.0. The number of rotatable bonds is 15. The number of aromatic nitrogens is 5. The van der Waals surface area contributed by atoms with E-state index >= 15 is 0 Å². The number of fused-ring (bicyclic) bond motifs is 1. The first-order valence-electron chi connectivity index (χ1n) is 37.1. The molecule has 562 valence electrons. The number of aliphatic hydroxyl groups is 1. The van der Waals surface area contributed by atoms with Crippen LogP contribution < -0.4 is 0 Å². The van der Waals surface area contributed by atoms with E-state index in [1.807, 2.05) is 101 Å². The number of esters is 2. The van der Waals surface area contributed by atoms with Gasteiger partial charge in [-0.2, -0.15) is 0 Å². The molecule has 5 aliphatic rings. The molecule has 21 atom stereocenters. The highest BCUT2D eigenvalue weighted by molar-refractivity contribution is 6.01. The van der Waals surface area contributed by atoms with Gasteiger partial charge < -0.3 is 52.5 Å². The molecule has 5 aliphatic heterocycles. The van der Waals surface area contributed by atoms with Crippen molar-refractivity contribution in [1.29, 1.82) is 0 Å². The number of carbonyl (C=O) groups is 8. The van der Waals surface area contributed by atoms with Crippen LogP contribution in [-0.4, -0.2) is 160 Å². The molecule has 3 aromatic heterocycles. The topological polar surface area (TPSA) is 282 Å². The van der Waals surface area contributed by atoms with Gasteiger partial charge in [0.2, 0.25) is 0 Å². The first-order chi connectivity index (χ1) is 47.4. The summed E-state index contributed by atoms with van der Waals surface area (Å²) in [6.45, 7) is 40.4. The molecule has 0 spiro atoms. The number of hydrogen-bond acceptors (Lipinski definition) is 20. The summed E-state index contributed by atoms with van der Waals surface area (Å²) in [5, 5.41) is 11.1. The Bertz CT molecular complexity index is 3370. The van der Waals surface area contributed by atoms with Crippen LogP contribution in [0.1, 0.15) is 215 Å². The maximum absolute atomic E-state index is 14.4. The normalized spacial score (nSPS) is 36.1. The van der Waals surface area contributed by atoms with Crippen molar-refractivity contribution in [2.24, 2.45) is 64.1 Å². The highest BCUT2D eigenvalue weighted by atomic mass is 16.7. The number of nitrogens with zero attached hydrogens (tertiary/aromatic N) is 6. The SMILES string of the molecule is CC[C@H]1OC(=O)[C@H](C)C(=O)[C@H](C)[C@@H](OC2O[C@H](C)C[C@H](C)[C@H]2C)C(C)(C)C[C@@H](C)C(=O)/C(C)=C/[C@]1(CC)OC(=O)n1ccnc1.CC[C@H]1OC(=O)[C@H](C)C(=O)[C@H](C)[C@@H](OC2O[C@H](C)C[C@H](C)[C@H]2O)C(C)(C)C[C@@H](C)C(=O)C[C@H]2N(CCCCn3cc(-c4cccnc4)nc3C)C(=O)O[C@]12CC. The summed E-state index contributed by atoms with van der Waals surface area (Å²) in [7, 11) is 0. The Morgan fingerprint density at radius 1 is 0.693 bits per heavy atom. The summed E-state index contributed by atoms with van der Waals surface area (Å²) in [6, 6.07) is 3.15. The van der Waals surface area contributed by atoms with Gasteiger partial charge in [0, 0.05) is 85.6 Å². The summed E-state index contributed by atoms with van der Waals surface area (Å²) in [4.78, 5) is 126. The monoisotopic (exact) mass is 1410 g/mol. The Hall–Kier alpha value is -6.53. The fourth-order valence-electron chi connectivity index (χ4n) is 16.5. The molecule has 0 saturated carbocycles. The minimum atomic E-state index is -1.47. The molecule has 8 rings (SSSR count). The second-order valence-corrected chi connectivity index (χ2v) is 31.4. The van der Waals surface area contributed by atoms with Gasteiger partial charge in [-0.3, -0.25) is 33.8 Å². The van der Waals surface area contributed by atoms with Gasteiger partial charge in [0.05, 0.1) is 36.2 Å². The molecular weight excluding hydrogens is 1290 g/mol. The molecule has 101 heavy (non-hydrogen) atoms. The summed E-state index contributed by atoms with van der Waals surface area (Å²) < 4.78 is 53.3. The van der Waals surface area contributed by atoms with Gasteiger partial charge >= 0.3 is 24.1 Å². The lowest BCUT2D eigenvalue weighted by molar-refractivity contribution is -0.284. The van der Waals surface area contributed by atoms with Gasteiger partial charge in [-0.05, 0) is 152 Å². The third kappa shape index (κ3) is 18.7. The molecule has 0 bridgehead atoms. The maximum Gasteiger partial charge on any atom is 0.420 e. The molecule has 23 nitrogen and oxygen atoms in total. The molecule has 8 heterocycles. The zero-order valence-electron chi connectivity index (χ0n) is 64.0. The third-order valence-electron chi connectivity index (χ3n) is 22.6. The number of Topliss-reactive ketones (excluding diaryl/α,β-unsaturated/α-hetero) is 4. The number of hydrogen-bond donors (Lipinski definition) is 1. The Morgan fingerprint density at radius 2 is 1.26 bits per heavy atom. The van der Waals surface area contributed by atoms with Crippen LogP contribution in [0.3, 0.4) is 0 Å². The third-order valence-corrected chi connectivity index (χ3v) is 22.6. The van der Waals surface area contributed by atoms with Crippen LogP contribution in [0.15, 0.2) is 61.1 Å². The van der Waals surface area contributed by atoms with Crippen molar-refractivity contribution in [2.45, 2.75) is 295 Å². The largest absolute Gasteiger partial charge is 0.457 e. The van der Waals surface area contributed by atoms with Crippen molar-refractivity contribution in [3.8, 4) is 11.3 Å². The summed E-state index contributed by atoms with van der Waals surface area (Å²) in [5.41, 5.74) is -2.02. The number of imidazole rings is 2. The standard InChI is InChI=1S/C43H64N4O9.C35H54N2O8/c1-11-35-43(12-2)34(47(41(52)56-43)19-14-13-18-46-24-32(45-30(46)8)31-16-15-17-44-23-31)21-33(48)26(4)22-42(9,10)38(28(6)37(50)29(7)39(51)54-35)55-40-36(49)25(3)20-27(5)53-40;1-12-27-35(13-2,45-33(41)37-15-14-36-19-37)18-22(5)28(38)21(4)17-34(10,11)30(25(8)29(39)26(9)31(40)43-27)44-32-24(7)20(3)16-23(6)42-32/h15-17,23-29,34-36,38,40,49H,11-14,18-22H2,1-10H3;14-15,18-21,23-27,30,32H,12-13,16-17H2,1-11H3/b;22-18+/t25-,26+,27+,28-,29+,34+,35+,36+,38+,40?,43-;20-,21+,23+,24+,25-,26+,27+,30+,32?,35-/m00/s1. The van der Waals surface area contributed by atoms with Gasteiger partial charge in [0.1, 0.15) is 48.1 Å². The maximum atomic E-state index is 14.4. The Labute approximate surface area is 599 Å². The van der Waals surface area contributed by atoms with E-state index in [9.17, 15) is 43.5 Å². The van der Waals surface area contributed by atoms with E-state index in [2.05, 4.69) is 28.4 Å². The van der Waals surface area contributed by atoms with Crippen LogP contribution in [0, 0.1) is 71.0 Å².